The number of alkyl halides is 3. The van der Waals surface area contributed by atoms with Crippen molar-refractivity contribution in [3.05, 3.63) is 95.6 Å². The van der Waals surface area contributed by atoms with Crippen molar-refractivity contribution in [2.24, 2.45) is 0 Å². The van der Waals surface area contributed by atoms with E-state index in [9.17, 15) is 26.4 Å². The predicted octanol–water partition coefficient (Wildman–Crippen LogP) is 4.44. The van der Waals surface area contributed by atoms with Crippen molar-refractivity contribution in [3.63, 3.8) is 0 Å². The highest BCUT2D eigenvalue weighted by molar-refractivity contribution is 7.92. The summed E-state index contributed by atoms with van der Waals surface area (Å²) in [5, 5.41) is 2.53. The number of benzene rings is 3. The lowest BCUT2D eigenvalue weighted by atomic mass is 10.1. The summed E-state index contributed by atoms with van der Waals surface area (Å²) in [4.78, 5) is 12.5. The molecule has 0 radical (unpaired) electrons. The summed E-state index contributed by atoms with van der Waals surface area (Å²) in [5.41, 5.74) is -0.161. The van der Waals surface area contributed by atoms with Gasteiger partial charge >= 0.3 is 6.18 Å². The zero-order chi connectivity index (χ0) is 21.8. The molecule has 3 aromatic rings. The highest BCUT2D eigenvalue weighted by Gasteiger charge is 2.30. The Kier molecular flexibility index (Phi) is 6.12. The monoisotopic (exact) mass is 434 g/mol. The molecule has 5 nitrogen and oxygen atoms in total. The van der Waals surface area contributed by atoms with E-state index in [2.05, 4.69) is 10.0 Å². The molecule has 30 heavy (non-hydrogen) atoms. The van der Waals surface area contributed by atoms with Gasteiger partial charge < -0.3 is 5.32 Å². The van der Waals surface area contributed by atoms with Crippen LogP contribution < -0.4 is 10.0 Å². The number of carbonyl (C=O) groups excluding carboxylic acids is 1. The van der Waals surface area contributed by atoms with Crippen molar-refractivity contribution in [1.82, 2.24) is 5.32 Å². The van der Waals surface area contributed by atoms with Crippen molar-refractivity contribution in [2.45, 2.75) is 17.6 Å². The molecule has 9 heteroatoms. The lowest BCUT2D eigenvalue weighted by Gasteiger charge is -2.11. The van der Waals surface area contributed by atoms with Crippen LogP contribution in [0.15, 0.2) is 83.8 Å². The summed E-state index contributed by atoms with van der Waals surface area (Å²) in [6.07, 6.45) is -4.47. The number of carbonyl (C=O) groups is 1. The second kappa shape index (κ2) is 8.58. The fraction of sp³-hybridized carbons (Fsp3) is 0.0952. The van der Waals surface area contributed by atoms with Crippen LogP contribution in [0.5, 0.6) is 0 Å². The van der Waals surface area contributed by atoms with E-state index in [0.717, 1.165) is 12.1 Å². The van der Waals surface area contributed by atoms with Gasteiger partial charge in [0, 0.05) is 17.8 Å². The molecule has 0 unspecified atom stereocenters. The third kappa shape index (κ3) is 5.38. The molecule has 2 N–H and O–H groups in total. The molecule has 156 valence electrons. The second-order valence-corrected chi connectivity index (χ2v) is 8.06. The van der Waals surface area contributed by atoms with E-state index >= 15 is 0 Å². The number of rotatable bonds is 6. The van der Waals surface area contributed by atoms with E-state index in [0.29, 0.717) is 5.56 Å². The van der Waals surface area contributed by atoms with E-state index in [1.54, 1.807) is 18.2 Å². The maximum Gasteiger partial charge on any atom is 0.416 e. The van der Waals surface area contributed by atoms with Gasteiger partial charge in [0.15, 0.2) is 0 Å². The Bertz CT molecular complexity index is 1150. The minimum absolute atomic E-state index is 0.0735. The molecular formula is C21H17F3N2O3S. The minimum Gasteiger partial charge on any atom is -0.348 e. The number of hydrogen-bond acceptors (Lipinski definition) is 3. The van der Waals surface area contributed by atoms with Crippen LogP contribution >= 0.6 is 0 Å². The molecule has 3 aromatic carbocycles. The fourth-order valence-electron chi connectivity index (χ4n) is 2.68. The first-order chi connectivity index (χ1) is 14.1. The summed E-state index contributed by atoms with van der Waals surface area (Å²) in [6.45, 7) is -0.108. The van der Waals surface area contributed by atoms with Gasteiger partial charge in [-0.05, 0) is 48.0 Å². The maximum absolute atomic E-state index is 12.8. The Hall–Kier alpha value is -3.33. The molecule has 0 aliphatic heterocycles. The number of nitrogens with one attached hydrogen (secondary N) is 2. The largest absolute Gasteiger partial charge is 0.416 e. The third-order valence-corrected chi connectivity index (χ3v) is 5.54. The normalized spacial score (nSPS) is 11.7. The van der Waals surface area contributed by atoms with Gasteiger partial charge in [0.25, 0.3) is 15.9 Å². The Labute approximate surface area is 171 Å². The van der Waals surface area contributed by atoms with Crippen LogP contribution in [0.2, 0.25) is 0 Å². The first-order valence-electron chi connectivity index (χ1n) is 8.77. The molecule has 0 saturated heterocycles. The number of anilines is 1. The van der Waals surface area contributed by atoms with Crippen molar-refractivity contribution in [2.75, 3.05) is 4.72 Å². The van der Waals surface area contributed by atoms with Crippen LogP contribution in [-0.2, 0) is 22.7 Å². The van der Waals surface area contributed by atoms with E-state index in [1.807, 2.05) is 0 Å². The number of sulfonamides is 1. The Morgan fingerprint density at radius 3 is 2.27 bits per heavy atom. The average Bonchev–Trinajstić information content (AvgIpc) is 2.72. The van der Waals surface area contributed by atoms with E-state index in [-0.39, 0.29) is 22.7 Å². The maximum atomic E-state index is 12.8. The fourth-order valence-corrected chi connectivity index (χ4v) is 3.75. The second-order valence-electron chi connectivity index (χ2n) is 6.38. The number of amides is 1. The molecule has 0 fully saturated rings. The summed E-state index contributed by atoms with van der Waals surface area (Å²) >= 11 is 0. The van der Waals surface area contributed by atoms with Crippen LogP contribution in [-0.4, -0.2) is 14.3 Å². The highest BCUT2D eigenvalue weighted by Crippen LogP contribution is 2.29. The summed E-state index contributed by atoms with van der Waals surface area (Å²) in [5.74, 6) is -0.548. The SMILES string of the molecule is O=C(NCc1cccc(C(F)(F)F)c1)c1cccc(NS(=O)(=O)c2ccccc2)c1. The first-order valence-corrected chi connectivity index (χ1v) is 10.3. The quantitative estimate of drug-likeness (QED) is 0.603. The summed E-state index contributed by atoms with van der Waals surface area (Å²) < 4.78 is 65.6. The molecule has 0 heterocycles. The van der Waals surface area contributed by atoms with Crippen LogP contribution in [0.1, 0.15) is 21.5 Å². The summed E-state index contributed by atoms with van der Waals surface area (Å²) in [6, 6.07) is 18.2. The van der Waals surface area contributed by atoms with Gasteiger partial charge in [-0.1, -0.05) is 36.4 Å². The minimum atomic E-state index is -4.47. The van der Waals surface area contributed by atoms with E-state index < -0.39 is 27.7 Å². The number of halogens is 3. The summed E-state index contributed by atoms with van der Waals surface area (Å²) in [7, 11) is -3.82. The van der Waals surface area contributed by atoms with Crippen LogP contribution in [0.25, 0.3) is 0 Å². The van der Waals surface area contributed by atoms with Crippen molar-refractivity contribution >= 4 is 21.6 Å². The van der Waals surface area contributed by atoms with Gasteiger partial charge in [0.1, 0.15) is 0 Å². The van der Waals surface area contributed by atoms with Crippen LogP contribution in [0.4, 0.5) is 18.9 Å². The standard InChI is InChI=1S/C21H17F3N2O3S/c22-21(23,24)17-8-4-6-15(12-17)14-25-20(27)16-7-5-9-18(13-16)26-30(28,29)19-10-2-1-3-11-19/h1-13,26H,14H2,(H,25,27). The Balaban J connectivity index is 1.69. The van der Waals surface area contributed by atoms with Crippen LogP contribution in [0.3, 0.4) is 0 Å². The van der Waals surface area contributed by atoms with Gasteiger partial charge in [-0.3, -0.25) is 9.52 Å². The molecule has 0 aliphatic rings. The molecule has 0 spiro atoms. The molecule has 0 aromatic heterocycles. The van der Waals surface area contributed by atoms with E-state index in [4.69, 9.17) is 0 Å². The van der Waals surface area contributed by atoms with Gasteiger partial charge in [-0.25, -0.2) is 8.42 Å². The molecule has 0 saturated carbocycles. The van der Waals surface area contributed by atoms with Gasteiger partial charge in [0.05, 0.1) is 10.5 Å². The van der Waals surface area contributed by atoms with Crippen molar-refractivity contribution < 1.29 is 26.4 Å². The highest BCUT2D eigenvalue weighted by atomic mass is 32.2. The molecule has 0 aliphatic carbocycles. The average molecular weight is 434 g/mol. The van der Waals surface area contributed by atoms with Gasteiger partial charge in [-0.15, -0.1) is 0 Å². The smallest absolute Gasteiger partial charge is 0.348 e. The van der Waals surface area contributed by atoms with E-state index in [1.165, 1.54) is 48.5 Å². The third-order valence-electron chi connectivity index (χ3n) is 4.14. The van der Waals surface area contributed by atoms with Crippen molar-refractivity contribution in [3.8, 4) is 0 Å². The zero-order valence-electron chi connectivity index (χ0n) is 15.5. The molecule has 1 amide bonds. The van der Waals surface area contributed by atoms with Gasteiger partial charge in [0.2, 0.25) is 0 Å². The topological polar surface area (TPSA) is 75.3 Å². The van der Waals surface area contributed by atoms with Crippen molar-refractivity contribution in [1.29, 1.82) is 0 Å². The van der Waals surface area contributed by atoms with Gasteiger partial charge in [-0.2, -0.15) is 13.2 Å². The number of hydrogen-bond donors (Lipinski definition) is 2. The Morgan fingerprint density at radius 2 is 1.57 bits per heavy atom. The predicted molar refractivity (Wildman–Crippen MR) is 106 cm³/mol. The lowest BCUT2D eigenvalue weighted by molar-refractivity contribution is -0.137. The molecule has 0 atom stereocenters. The zero-order valence-corrected chi connectivity index (χ0v) is 16.3. The Morgan fingerprint density at radius 1 is 0.867 bits per heavy atom. The molecule has 0 bridgehead atoms. The van der Waals surface area contributed by atoms with Crippen LogP contribution in [0, 0.1) is 0 Å². The first kappa shape index (κ1) is 21.4. The molecule has 3 rings (SSSR count). The lowest BCUT2D eigenvalue weighted by Crippen LogP contribution is -2.23. The molecular weight excluding hydrogens is 417 g/mol.